The Balaban J connectivity index is 1.74. The molecule has 0 atom stereocenters. The third-order valence-electron chi connectivity index (χ3n) is 4.63. The van der Waals surface area contributed by atoms with Gasteiger partial charge in [0.2, 0.25) is 5.78 Å². The number of ether oxygens (including phenoxy) is 1. The van der Waals surface area contributed by atoms with Crippen molar-refractivity contribution in [3.8, 4) is 5.75 Å². The maximum absolute atomic E-state index is 13.2. The summed E-state index contributed by atoms with van der Waals surface area (Å²) in [5.41, 5.74) is 2.73. The summed E-state index contributed by atoms with van der Waals surface area (Å²) in [6.45, 7) is 0.468. The van der Waals surface area contributed by atoms with E-state index in [9.17, 15) is 4.79 Å². The number of carbonyl (C=O) groups is 1. The Kier molecular flexibility index (Phi) is 5.60. The third-order valence-corrected chi connectivity index (χ3v) is 5.62. The lowest BCUT2D eigenvalue weighted by Gasteiger charge is -2.09. The van der Waals surface area contributed by atoms with Gasteiger partial charge in [-0.25, -0.2) is 0 Å². The first-order chi connectivity index (χ1) is 14.1. The van der Waals surface area contributed by atoms with Gasteiger partial charge in [-0.15, -0.1) is 0 Å². The van der Waals surface area contributed by atoms with Crippen LogP contribution >= 0.6 is 27.5 Å². The largest absolute Gasteiger partial charge is 0.496 e. The summed E-state index contributed by atoms with van der Waals surface area (Å²) < 4.78 is 11.9. The molecule has 0 saturated carbocycles. The highest BCUT2D eigenvalue weighted by Gasteiger charge is 2.22. The average Bonchev–Trinajstić information content (AvgIpc) is 3.11. The second-order valence-corrected chi connectivity index (χ2v) is 7.69. The van der Waals surface area contributed by atoms with E-state index in [-0.39, 0.29) is 11.5 Å². The SMILES string of the molecule is COc1ccc(C(=O)c2oc3ccccc3c2NCc2ccccc2Cl)cc1Br. The van der Waals surface area contributed by atoms with Gasteiger partial charge < -0.3 is 14.5 Å². The van der Waals surface area contributed by atoms with E-state index in [1.54, 1.807) is 25.3 Å². The van der Waals surface area contributed by atoms with E-state index in [2.05, 4.69) is 21.2 Å². The Morgan fingerprint density at radius 2 is 1.86 bits per heavy atom. The van der Waals surface area contributed by atoms with Gasteiger partial charge in [-0.1, -0.05) is 41.9 Å². The lowest BCUT2D eigenvalue weighted by Crippen LogP contribution is -2.07. The van der Waals surface area contributed by atoms with E-state index in [4.69, 9.17) is 20.8 Å². The van der Waals surface area contributed by atoms with Gasteiger partial charge >= 0.3 is 0 Å². The van der Waals surface area contributed by atoms with Crippen molar-refractivity contribution < 1.29 is 13.9 Å². The number of furan rings is 1. The van der Waals surface area contributed by atoms with E-state index >= 15 is 0 Å². The molecule has 0 unspecified atom stereocenters. The molecule has 4 aromatic rings. The number of anilines is 1. The molecule has 6 heteroatoms. The van der Waals surface area contributed by atoms with E-state index in [1.807, 2.05) is 48.5 Å². The zero-order valence-corrected chi connectivity index (χ0v) is 17.9. The highest BCUT2D eigenvalue weighted by Crippen LogP contribution is 2.34. The van der Waals surface area contributed by atoms with Crippen LogP contribution in [0.5, 0.6) is 5.75 Å². The first-order valence-corrected chi connectivity index (χ1v) is 10.1. The van der Waals surface area contributed by atoms with Gasteiger partial charge in [0.05, 0.1) is 17.3 Å². The molecular formula is C23H17BrClNO3. The summed E-state index contributed by atoms with van der Waals surface area (Å²) in [7, 11) is 1.58. The number of ketones is 1. The molecule has 1 aromatic heterocycles. The fraction of sp³-hybridized carbons (Fsp3) is 0.0870. The second-order valence-electron chi connectivity index (χ2n) is 6.43. The van der Waals surface area contributed by atoms with Crippen LogP contribution in [-0.4, -0.2) is 12.9 Å². The van der Waals surface area contributed by atoms with Crippen molar-refractivity contribution in [2.24, 2.45) is 0 Å². The lowest BCUT2D eigenvalue weighted by molar-refractivity contribution is 0.101. The number of nitrogens with one attached hydrogen (secondary N) is 1. The van der Waals surface area contributed by atoms with Gasteiger partial charge in [0.15, 0.2) is 5.76 Å². The molecule has 0 saturated heterocycles. The standard InChI is InChI=1S/C23H17BrClNO3/c1-28-20-11-10-14(12-17(20)24)22(27)23-21(16-7-3-5-9-19(16)29-23)26-13-15-6-2-4-8-18(15)25/h2-12,26H,13H2,1H3. The van der Waals surface area contributed by atoms with Crippen LogP contribution in [0.2, 0.25) is 5.02 Å². The molecule has 0 amide bonds. The Morgan fingerprint density at radius 3 is 2.62 bits per heavy atom. The molecule has 0 aliphatic carbocycles. The molecule has 1 heterocycles. The van der Waals surface area contributed by atoms with Crippen LogP contribution in [0.4, 0.5) is 5.69 Å². The van der Waals surface area contributed by atoms with Crippen LogP contribution in [0.3, 0.4) is 0 Å². The Morgan fingerprint density at radius 1 is 1.10 bits per heavy atom. The normalized spacial score (nSPS) is 10.9. The summed E-state index contributed by atoms with van der Waals surface area (Å²) in [5, 5.41) is 4.86. The number of rotatable bonds is 6. The van der Waals surface area contributed by atoms with Gasteiger partial charge in [-0.2, -0.15) is 0 Å². The minimum atomic E-state index is -0.216. The zero-order chi connectivity index (χ0) is 20.4. The first kappa shape index (κ1) is 19.6. The van der Waals surface area contributed by atoms with Crippen LogP contribution in [-0.2, 0) is 6.54 Å². The number of halogens is 2. The fourth-order valence-electron chi connectivity index (χ4n) is 3.14. The summed E-state index contributed by atoms with van der Waals surface area (Å²) in [4.78, 5) is 13.2. The molecule has 0 radical (unpaired) electrons. The fourth-order valence-corrected chi connectivity index (χ4v) is 3.89. The number of hydrogen-bond acceptors (Lipinski definition) is 4. The molecule has 0 aliphatic rings. The summed E-state index contributed by atoms with van der Waals surface area (Å²) in [6.07, 6.45) is 0. The highest BCUT2D eigenvalue weighted by molar-refractivity contribution is 9.10. The molecule has 146 valence electrons. The maximum Gasteiger partial charge on any atom is 0.230 e. The number of methoxy groups -OCH3 is 1. The Hall–Kier alpha value is -2.76. The summed E-state index contributed by atoms with van der Waals surface area (Å²) >= 11 is 9.71. The summed E-state index contributed by atoms with van der Waals surface area (Å²) in [5.74, 6) is 0.699. The van der Waals surface area contributed by atoms with Crippen LogP contribution in [0.1, 0.15) is 21.7 Å². The van der Waals surface area contributed by atoms with Crippen molar-refractivity contribution in [3.05, 3.63) is 93.1 Å². The monoisotopic (exact) mass is 469 g/mol. The van der Waals surface area contributed by atoms with Crippen molar-refractivity contribution in [1.29, 1.82) is 0 Å². The predicted octanol–water partition coefficient (Wildman–Crippen LogP) is 6.70. The van der Waals surface area contributed by atoms with Crippen molar-refractivity contribution in [2.75, 3.05) is 12.4 Å². The molecule has 0 spiro atoms. The molecular weight excluding hydrogens is 454 g/mol. The molecule has 0 bridgehead atoms. The Labute approximate surface area is 181 Å². The van der Waals surface area contributed by atoms with E-state index in [1.165, 1.54) is 0 Å². The molecule has 3 aromatic carbocycles. The lowest BCUT2D eigenvalue weighted by atomic mass is 10.1. The van der Waals surface area contributed by atoms with Crippen LogP contribution in [0.25, 0.3) is 11.0 Å². The van der Waals surface area contributed by atoms with E-state index < -0.39 is 0 Å². The van der Waals surface area contributed by atoms with Gasteiger partial charge in [0.1, 0.15) is 11.3 Å². The van der Waals surface area contributed by atoms with Gasteiger partial charge in [-0.3, -0.25) is 4.79 Å². The van der Waals surface area contributed by atoms with E-state index in [0.717, 1.165) is 10.9 Å². The van der Waals surface area contributed by atoms with Gasteiger partial charge in [0, 0.05) is 22.5 Å². The Bertz CT molecular complexity index is 1200. The molecule has 1 N–H and O–H groups in total. The molecule has 29 heavy (non-hydrogen) atoms. The highest BCUT2D eigenvalue weighted by atomic mass is 79.9. The quantitative estimate of drug-likeness (QED) is 0.319. The number of benzene rings is 3. The number of para-hydroxylation sites is 1. The molecule has 0 fully saturated rings. The van der Waals surface area contributed by atoms with Crippen molar-refractivity contribution in [1.82, 2.24) is 0 Å². The predicted molar refractivity (Wildman–Crippen MR) is 119 cm³/mol. The third kappa shape index (κ3) is 3.88. The van der Waals surface area contributed by atoms with Crippen LogP contribution in [0, 0.1) is 0 Å². The van der Waals surface area contributed by atoms with Gasteiger partial charge in [0.25, 0.3) is 0 Å². The van der Waals surface area contributed by atoms with E-state index in [0.29, 0.717) is 38.6 Å². The average molecular weight is 471 g/mol. The van der Waals surface area contributed by atoms with Crippen LogP contribution < -0.4 is 10.1 Å². The zero-order valence-electron chi connectivity index (χ0n) is 15.5. The smallest absolute Gasteiger partial charge is 0.230 e. The topological polar surface area (TPSA) is 51.5 Å². The minimum absolute atomic E-state index is 0.216. The minimum Gasteiger partial charge on any atom is -0.496 e. The van der Waals surface area contributed by atoms with Crippen LogP contribution in [0.15, 0.2) is 75.6 Å². The number of hydrogen-bond donors (Lipinski definition) is 1. The first-order valence-electron chi connectivity index (χ1n) is 8.95. The van der Waals surface area contributed by atoms with Gasteiger partial charge in [-0.05, 0) is 57.9 Å². The second kappa shape index (κ2) is 8.31. The van der Waals surface area contributed by atoms with Crippen molar-refractivity contribution >= 4 is 50.0 Å². The number of fused-ring (bicyclic) bond motifs is 1. The maximum atomic E-state index is 13.2. The molecule has 4 rings (SSSR count). The van der Waals surface area contributed by atoms with Crippen molar-refractivity contribution in [2.45, 2.75) is 6.54 Å². The summed E-state index contributed by atoms with van der Waals surface area (Å²) in [6, 6.07) is 20.4. The molecule has 0 aliphatic heterocycles. The molecule has 4 nitrogen and oxygen atoms in total. The van der Waals surface area contributed by atoms with Crippen molar-refractivity contribution in [3.63, 3.8) is 0 Å². The number of carbonyl (C=O) groups excluding carboxylic acids is 1.